The number of aromatic amines is 1. The lowest BCUT2D eigenvalue weighted by Crippen LogP contribution is -2.19. The standard InChI is InChI=1S/C19H19ClN4O/c1-12(2)13-7-9-15(10-8-13)21-19-22-18(25)17(23-24-19)11-14-5-3-4-6-16(14)20/h3-10,12H,11H2,1-2H3,(H2,21,22,24,25). The van der Waals surface area contributed by atoms with Gasteiger partial charge in [-0.3, -0.25) is 9.78 Å². The van der Waals surface area contributed by atoms with Crippen molar-refractivity contribution in [1.29, 1.82) is 0 Å². The van der Waals surface area contributed by atoms with E-state index in [-0.39, 0.29) is 5.56 Å². The highest BCUT2D eigenvalue weighted by Crippen LogP contribution is 2.19. The molecule has 0 fully saturated rings. The fourth-order valence-electron chi connectivity index (χ4n) is 2.44. The minimum Gasteiger partial charge on any atom is -0.324 e. The molecular formula is C19H19ClN4O. The van der Waals surface area contributed by atoms with Crippen molar-refractivity contribution in [3.8, 4) is 0 Å². The molecule has 2 N–H and O–H groups in total. The van der Waals surface area contributed by atoms with Gasteiger partial charge in [-0.2, -0.15) is 0 Å². The Morgan fingerprint density at radius 2 is 1.80 bits per heavy atom. The van der Waals surface area contributed by atoms with Crippen LogP contribution in [0, 0.1) is 0 Å². The van der Waals surface area contributed by atoms with Crippen molar-refractivity contribution in [2.75, 3.05) is 5.32 Å². The van der Waals surface area contributed by atoms with Crippen molar-refractivity contribution < 1.29 is 0 Å². The highest BCUT2D eigenvalue weighted by atomic mass is 35.5. The fraction of sp³-hybridized carbons (Fsp3) is 0.211. The van der Waals surface area contributed by atoms with Gasteiger partial charge in [0.1, 0.15) is 5.69 Å². The third kappa shape index (κ3) is 4.25. The molecule has 0 unspecified atom stereocenters. The fourth-order valence-corrected chi connectivity index (χ4v) is 2.65. The van der Waals surface area contributed by atoms with E-state index in [1.807, 2.05) is 42.5 Å². The number of rotatable bonds is 5. The van der Waals surface area contributed by atoms with E-state index in [9.17, 15) is 4.79 Å². The third-order valence-corrected chi connectivity index (χ3v) is 4.29. The zero-order valence-electron chi connectivity index (χ0n) is 14.1. The maximum atomic E-state index is 12.2. The summed E-state index contributed by atoms with van der Waals surface area (Å²) in [4.78, 5) is 15.0. The van der Waals surface area contributed by atoms with Gasteiger partial charge in [0.15, 0.2) is 0 Å². The molecule has 0 radical (unpaired) electrons. The molecule has 1 aromatic heterocycles. The molecule has 0 saturated carbocycles. The van der Waals surface area contributed by atoms with E-state index in [2.05, 4.69) is 34.3 Å². The maximum absolute atomic E-state index is 12.2. The van der Waals surface area contributed by atoms with Crippen LogP contribution in [0.5, 0.6) is 0 Å². The Morgan fingerprint density at radius 3 is 2.44 bits per heavy atom. The molecule has 0 saturated heterocycles. The molecule has 6 heteroatoms. The predicted molar refractivity (Wildman–Crippen MR) is 101 cm³/mol. The van der Waals surface area contributed by atoms with Crippen LogP contribution >= 0.6 is 11.6 Å². The molecule has 0 bridgehead atoms. The van der Waals surface area contributed by atoms with Crippen LogP contribution in [-0.2, 0) is 6.42 Å². The van der Waals surface area contributed by atoms with Gasteiger partial charge in [0.2, 0.25) is 5.95 Å². The molecule has 0 spiro atoms. The topological polar surface area (TPSA) is 70.7 Å². The first kappa shape index (κ1) is 17.2. The lowest BCUT2D eigenvalue weighted by molar-refractivity contribution is 0.865. The van der Waals surface area contributed by atoms with E-state index >= 15 is 0 Å². The third-order valence-electron chi connectivity index (χ3n) is 3.92. The maximum Gasteiger partial charge on any atom is 0.274 e. The zero-order valence-corrected chi connectivity index (χ0v) is 14.8. The molecule has 0 aliphatic carbocycles. The van der Waals surface area contributed by atoms with Crippen molar-refractivity contribution in [3.05, 3.63) is 80.7 Å². The molecule has 25 heavy (non-hydrogen) atoms. The van der Waals surface area contributed by atoms with Crippen LogP contribution in [0.4, 0.5) is 11.6 Å². The summed E-state index contributed by atoms with van der Waals surface area (Å²) >= 11 is 6.13. The molecule has 3 aromatic rings. The van der Waals surface area contributed by atoms with E-state index in [0.29, 0.717) is 29.0 Å². The Balaban J connectivity index is 1.75. The van der Waals surface area contributed by atoms with Crippen LogP contribution < -0.4 is 10.9 Å². The van der Waals surface area contributed by atoms with E-state index in [1.54, 1.807) is 6.07 Å². The minimum atomic E-state index is -0.281. The van der Waals surface area contributed by atoms with E-state index in [0.717, 1.165) is 11.3 Å². The van der Waals surface area contributed by atoms with Crippen molar-refractivity contribution in [2.24, 2.45) is 0 Å². The predicted octanol–water partition coefficient (Wildman–Crippen LogP) is 4.28. The quantitative estimate of drug-likeness (QED) is 0.717. The van der Waals surface area contributed by atoms with Crippen LogP contribution in [0.15, 0.2) is 53.3 Å². The van der Waals surface area contributed by atoms with Crippen molar-refractivity contribution in [1.82, 2.24) is 15.2 Å². The van der Waals surface area contributed by atoms with Gasteiger partial charge in [-0.05, 0) is 35.2 Å². The molecule has 2 aromatic carbocycles. The van der Waals surface area contributed by atoms with Gasteiger partial charge in [0.05, 0.1) is 0 Å². The zero-order chi connectivity index (χ0) is 17.8. The largest absolute Gasteiger partial charge is 0.324 e. The number of anilines is 2. The summed E-state index contributed by atoms with van der Waals surface area (Å²) in [5.74, 6) is 0.781. The summed E-state index contributed by atoms with van der Waals surface area (Å²) in [5.41, 5.74) is 2.98. The molecule has 5 nitrogen and oxygen atoms in total. The van der Waals surface area contributed by atoms with Gasteiger partial charge in [-0.15, -0.1) is 10.2 Å². The highest BCUT2D eigenvalue weighted by molar-refractivity contribution is 6.31. The van der Waals surface area contributed by atoms with Crippen LogP contribution in [0.1, 0.15) is 36.6 Å². The number of halogens is 1. The van der Waals surface area contributed by atoms with E-state index in [4.69, 9.17) is 11.6 Å². The van der Waals surface area contributed by atoms with Crippen molar-refractivity contribution >= 4 is 23.2 Å². The van der Waals surface area contributed by atoms with Crippen LogP contribution in [0.2, 0.25) is 5.02 Å². The van der Waals surface area contributed by atoms with Crippen molar-refractivity contribution in [3.63, 3.8) is 0 Å². The molecule has 0 amide bonds. The summed E-state index contributed by atoms with van der Waals surface area (Å²) in [6.45, 7) is 4.28. The summed E-state index contributed by atoms with van der Waals surface area (Å²) in [6, 6.07) is 15.4. The monoisotopic (exact) mass is 354 g/mol. The summed E-state index contributed by atoms with van der Waals surface area (Å²) in [6.07, 6.45) is 0.339. The number of hydrogen-bond donors (Lipinski definition) is 2. The summed E-state index contributed by atoms with van der Waals surface area (Å²) < 4.78 is 0. The smallest absolute Gasteiger partial charge is 0.274 e. The lowest BCUT2D eigenvalue weighted by Gasteiger charge is -2.08. The second-order valence-corrected chi connectivity index (χ2v) is 6.53. The lowest BCUT2D eigenvalue weighted by atomic mass is 10.0. The second kappa shape index (κ2) is 7.49. The average Bonchev–Trinajstić information content (AvgIpc) is 2.59. The number of nitrogens with zero attached hydrogens (tertiary/aromatic N) is 2. The molecule has 0 atom stereocenters. The first-order valence-electron chi connectivity index (χ1n) is 8.09. The Bertz CT molecular complexity index is 919. The van der Waals surface area contributed by atoms with E-state index in [1.165, 1.54) is 5.56 Å². The number of nitrogens with one attached hydrogen (secondary N) is 2. The second-order valence-electron chi connectivity index (χ2n) is 6.12. The molecule has 1 heterocycles. The van der Waals surface area contributed by atoms with Crippen LogP contribution in [-0.4, -0.2) is 15.2 Å². The Morgan fingerprint density at radius 1 is 1.08 bits per heavy atom. The SMILES string of the molecule is CC(C)c1ccc(Nc2nnc(Cc3ccccc3Cl)c(=O)[nH]2)cc1. The van der Waals surface area contributed by atoms with Crippen LogP contribution in [0.3, 0.4) is 0 Å². The normalized spacial score (nSPS) is 10.9. The first-order valence-corrected chi connectivity index (χ1v) is 8.47. The van der Waals surface area contributed by atoms with E-state index < -0.39 is 0 Å². The Hall–Kier alpha value is -2.66. The highest BCUT2D eigenvalue weighted by Gasteiger charge is 2.08. The van der Waals surface area contributed by atoms with Gasteiger partial charge in [0, 0.05) is 17.1 Å². The number of aromatic nitrogens is 3. The Labute approximate surface area is 151 Å². The number of benzene rings is 2. The Kier molecular flexibility index (Phi) is 5.14. The van der Waals surface area contributed by atoms with Crippen molar-refractivity contribution in [2.45, 2.75) is 26.2 Å². The number of H-pyrrole nitrogens is 1. The molecular weight excluding hydrogens is 336 g/mol. The first-order chi connectivity index (χ1) is 12.0. The van der Waals surface area contributed by atoms with Gasteiger partial charge in [-0.1, -0.05) is 55.8 Å². The van der Waals surface area contributed by atoms with Gasteiger partial charge in [-0.25, -0.2) is 0 Å². The van der Waals surface area contributed by atoms with Gasteiger partial charge >= 0.3 is 0 Å². The number of hydrogen-bond acceptors (Lipinski definition) is 4. The van der Waals surface area contributed by atoms with Crippen LogP contribution in [0.25, 0.3) is 0 Å². The molecule has 128 valence electrons. The summed E-state index contributed by atoms with van der Waals surface area (Å²) in [5, 5.41) is 11.8. The minimum absolute atomic E-state index is 0.281. The van der Waals surface area contributed by atoms with Gasteiger partial charge < -0.3 is 5.32 Å². The summed E-state index contributed by atoms with van der Waals surface area (Å²) in [7, 11) is 0. The molecule has 3 rings (SSSR count). The molecule has 0 aliphatic rings. The average molecular weight is 355 g/mol. The van der Waals surface area contributed by atoms with Gasteiger partial charge in [0.25, 0.3) is 5.56 Å². The molecule has 0 aliphatic heterocycles.